The van der Waals surface area contributed by atoms with Gasteiger partial charge in [-0.3, -0.25) is 4.79 Å². The molecule has 0 spiro atoms. The molecule has 4 heteroatoms. The minimum atomic E-state index is -0.0838. The van der Waals surface area contributed by atoms with Gasteiger partial charge < -0.3 is 11.1 Å². The molecule has 1 amide bonds. The molecule has 1 saturated carbocycles. The Bertz CT molecular complexity index is 461. The molecule has 1 fully saturated rings. The van der Waals surface area contributed by atoms with Crippen LogP contribution in [0.3, 0.4) is 0 Å². The molecule has 1 aromatic rings. The van der Waals surface area contributed by atoms with E-state index in [0.29, 0.717) is 22.2 Å². The zero-order chi connectivity index (χ0) is 13.8. The Hall–Kier alpha value is -1.22. The van der Waals surface area contributed by atoms with Crippen molar-refractivity contribution in [3.05, 3.63) is 28.8 Å². The van der Waals surface area contributed by atoms with Crippen LogP contribution in [-0.4, -0.2) is 11.9 Å². The van der Waals surface area contributed by atoms with E-state index in [9.17, 15) is 4.79 Å². The van der Waals surface area contributed by atoms with E-state index in [0.717, 1.165) is 12.8 Å². The van der Waals surface area contributed by atoms with E-state index in [-0.39, 0.29) is 11.9 Å². The largest absolute Gasteiger partial charge is 0.398 e. The summed E-state index contributed by atoms with van der Waals surface area (Å²) in [6, 6.07) is 5.29. The highest BCUT2D eigenvalue weighted by Gasteiger charge is 2.25. The van der Waals surface area contributed by atoms with E-state index in [1.54, 1.807) is 18.2 Å². The summed E-state index contributed by atoms with van der Waals surface area (Å²) in [6.07, 6.45) is 5.85. The predicted octanol–water partition coefficient (Wildman–Crippen LogP) is 3.62. The van der Waals surface area contributed by atoms with E-state index in [1.165, 1.54) is 19.3 Å². The molecule has 0 aliphatic heterocycles. The summed E-state index contributed by atoms with van der Waals surface area (Å²) in [6.45, 7) is 2.19. The molecule has 2 rings (SSSR count). The number of amides is 1. The van der Waals surface area contributed by atoms with Crippen LogP contribution in [0, 0.1) is 5.92 Å². The maximum atomic E-state index is 12.3. The third-order valence-electron chi connectivity index (χ3n) is 4.01. The van der Waals surface area contributed by atoms with Crippen LogP contribution in [-0.2, 0) is 0 Å². The van der Waals surface area contributed by atoms with Gasteiger partial charge in [0.15, 0.2) is 0 Å². The van der Waals surface area contributed by atoms with Crippen LogP contribution in [0.15, 0.2) is 18.2 Å². The summed E-state index contributed by atoms with van der Waals surface area (Å²) in [7, 11) is 0. The first kappa shape index (κ1) is 14.2. The van der Waals surface area contributed by atoms with E-state index in [4.69, 9.17) is 17.3 Å². The molecular formula is C15H21ClN2O. The van der Waals surface area contributed by atoms with Crippen LogP contribution in [0.4, 0.5) is 5.69 Å². The molecule has 1 aromatic carbocycles. The van der Waals surface area contributed by atoms with Crippen molar-refractivity contribution in [2.75, 3.05) is 5.73 Å². The first-order valence-corrected chi connectivity index (χ1v) is 7.35. The average molecular weight is 281 g/mol. The molecular weight excluding hydrogens is 260 g/mol. The predicted molar refractivity (Wildman–Crippen MR) is 79.4 cm³/mol. The Balaban J connectivity index is 2.07. The molecule has 2 atom stereocenters. The topological polar surface area (TPSA) is 55.1 Å². The van der Waals surface area contributed by atoms with Crippen molar-refractivity contribution in [1.29, 1.82) is 0 Å². The highest BCUT2D eigenvalue weighted by Crippen LogP contribution is 2.27. The van der Waals surface area contributed by atoms with Crippen molar-refractivity contribution in [1.82, 2.24) is 5.32 Å². The smallest absolute Gasteiger partial charge is 0.253 e. The van der Waals surface area contributed by atoms with Crippen molar-refractivity contribution in [2.24, 2.45) is 5.92 Å². The van der Waals surface area contributed by atoms with Gasteiger partial charge in [-0.2, -0.15) is 0 Å². The summed E-state index contributed by atoms with van der Waals surface area (Å²) in [4.78, 5) is 12.3. The van der Waals surface area contributed by atoms with Gasteiger partial charge in [-0.05, 0) is 37.0 Å². The lowest BCUT2D eigenvalue weighted by Crippen LogP contribution is -2.42. The Morgan fingerprint density at radius 3 is 2.84 bits per heavy atom. The lowest BCUT2D eigenvalue weighted by atomic mass is 9.83. The monoisotopic (exact) mass is 280 g/mol. The maximum Gasteiger partial charge on any atom is 0.253 e. The third-order valence-corrected chi connectivity index (χ3v) is 4.24. The zero-order valence-electron chi connectivity index (χ0n) is 11.3. The number of nitrogens with one attached hydrogen (secondary N) is 1. The molecule has 0 bridgehead atoms. The van der Waals surface area contributed by atoms with Crippen molar-refractivity contribution in [2.45, 2.75) is 45.1 Å². The number of nitrogen functional groups attached to an aromatic ring is 1. The molecule has 3 nitrogen and oxygen atoms in total. The van der Waals surface area contributed by atoms with Gasteiger partial charge >= 0.3 is 0 Å². The first-order valence-electron chi connectivity index (χ1n) is 6.97. The standard InChI is InChI=1S/C15H21ClN2O/c1-2-10-5-3-4-6-14(10)18-15(19)12-8-7-11(16)9-13(12)17/h7-10,14H,2-6,17H2,1H3,(H,18,19). The maximum absolute atomic E-state index is 12.3. The van der Waals surface area contributed by atoms with Gasteiger partial charge in [-0.25, -0.2) is 0 Å². The molecule has 0 radical (unpaired) electrons. The summed E-state index contributed by atoms with van der Waals surface area (Å²) < 4.78 is 0. The molecule has 1 aliphatic carbocycles. The van der Waals surface area contributed by atoms with Crippen LogP contribution in [0.2, 0.25) is 5.02 Å². The lowest BCUT2D eigenvalue weighted by molar-refractivity contribution is 0.0905. The molecule has 0 heterocycles. The lowest BCUT2D eigenvalue weighted by Gasteiger charge is -2.31. The van der Waals surface area contributed by atoms with Crippen LogP contribution in [0.5, 0.6) is 0 Å². The summed E-state index contributed by atoms with van der Waals surface area (Å²) in [5.41, 5.74) is 6.81. The van der Waals surface area contributed by atoms with Crippen LogP contribution >= 0.6 is 11.6 Å². The number of anilines is 1. The van der Waals surface area contributed by atoms with Gasteiger partial charge in [0.1, 0.15) is 0 Å². The van der Waals surface area contributed by atoms with Crippen LogP contribution < -0.4 is 11.1 Å². The van der Waals surface area contributed by atoms with Gasteiger partial charge in [0.25, 0.3) is 5.91 Å². The minimum Gasteiger partial charge on any atom is -0.398 e. The van der Waals surface area contributed by atoms with E-state index in [2.05, 4.69) is 12.2 Å². The Morgan fingerprint density at radius 1 is 1.42 bits per heavy atom. The van der Waals surface area contributed by atoms with Crippen molar-refractivity contribution in [3.8, 4) is 0 Å². The van der Waals surface area contributed by atoms with Crippen molar-refractivity contribution >= 4 is 23.2 Å². The van der Waals surface area contributed by atoms with Crippen molar-refractivity contribution in [3.63, 3.8) is 0 Å². The van der Waals surface area contributed by atoms with Gasteiger partial charge in [0.2, 0.25) is 0 Å². The third kappa shape index (κ3) is 3.41. The Morgan fingerprint density at radius 2 is 2.16 bits per heavy atom. The quantitative estimate of drug-likeness (QED) is 0.831. The second kappa shape index (κ2) is 6.29. The van der Waals surface area contributed by atoms with Crippen LogP contribution in [0.25, 0.3) is 0 Å². The van der Waals surface area contributed by atoms with E-state index in [1.807, 2.05) is 0 Å². The Labute approximate surface area is 119 Å². The molecule has 2 unspecified atom stereocenters. The summed E-state index contributed by atoms with van der Waals surface area (Å²) >= 11 is 5.85. The molecule has 19 heavy (non-hydrogen) atoms. The normalized spacial score (nSPS) is 23.1. The summed E-state index contributed by atoms with van der Waals surface area (Å²) in [5.74, 6) is 0.505. The fourth-order valence-corrected chi connectivity index (χ4v) is 3.05. The number of carbonyl (C=O) groups excluding carboxylic acids is 1. The first-order chi connectivity index (χ1) is 9.11. The molecule has 0 saturated heterocycles. The highest BCUT2D eigenvalue weighted by molar-refractivity contribution is 6.31. The highest BCUT2D eigenvalue weighted by atomic mass is 35.5. The van der Waals surface area contributed by atoms with Crippen molar-refractivity contribution < 1.29 is 4.79 Å². The number of halogens is 1. The second-order valence-corrected chi connectivity index (χ2v) is 5.70. The van der Waals surface area contributed by atoms with E-state index >= 15 is 0 Å². The molecule has 0 aromatic heterocycles. The molecule has 3 N–H and O–H groups in total. The summed E-state index contributed by atoms with van der Waals surface area (Å²) in [5, 5.41) is 3.69. The number of benzene rings is 1. The van der Waals surface area contributed by atoms with E-state index < -0.39 is 0 Å². The fraction of sp³-hybridized carbons (Fsp3) is 0.533. The molecule has 104 valence electrons. The number of carbonyl (C=O) groups is 1. The zero-order valence-corrected chi connectivity index (χ0v) is 12.0. The molecule has 1 aliphatic rings. The second-order valence-electron chi connectivity index (χ2n) is 5.26. The van der Waals surface area contributed by atoms with Gasteiger partial charge in [0.05, 0.1) is 5.56 Å². The number of hydrogen-bond acceptors (Lipinski definition) is 2. The van der Waals surface area contributed by atoms with Gasteiger partial charge in [-0.1, -0.05) is 37.8 Å². The average Bonchev–Trinajstić information content (AvgIpc) is 2.39. The van der Waals surface area contributed by atoms with Crippen LogP contribution in [0.1, 0.15) is 49.4 Å². The fourth-order valence-electron chi connectivity index (χ4n) is 2.87. The number of nitrogens with two attached hydrogens (primary N) is 1. The number of rotatable bonds is 3. The Kier molecular flexibility index (Phi) is 4.70. The van der Waals surface area contributed by atoms with Gasteiger partial charge in [0, 0.05) is 16.8 Å². The number of hydrogen-bond donors (Lipinski definition) is 2. The SMILES string of the molecule is CCC1CCCCC1NC(=O)c1ccc(Cl)cc1N. The van der Waals surface area contributed by atoms with Gasteiger partial charge in [-0.15, -0.1) is 0 Å². The minimum absolute atomic E-state index is 0.0838.